The maximum Gasteiger partial charge on any atom is 0.416 e. The van der Waals surface area contributed by atoms with E-state index in [2.05, 4.69) is 13.8 Å². The monoisotopic (exact) mass is 230 g/mol. The van der Waals surface area contributed by atoms with Gasteiger partial charge in [-0.3, -0.25) is 0 Å². The van der Waals surface area contributed by atoms with Crippen LogP contribution in [0.5, 0.6) is 0 Å². The summed E-state index contributed by atoms with van der Waals surface area (Å²) in [6.45, 7) is 4.14. The molecular formula is C13H17F3. The maximum absolute atomic E-state index is 12.5. The highest BCUT2D eigenvalue weighted by molar-refractivity contribution is 5.25. The van der Waals surface area contributed by atoms with Crippen LogP contribution in [0.4, 0.5) is 13.2 Å². The highest BCUT2D eigenvalue weighted by Crippen LogP contribution is 2.30. The van der Waals surface area contributed by atoms with Crippen molar-refractivity contribution in [3.63, 3.8) is 0 Å². The van der Waals surface area contributed by atoms with E-state index in [4.69, 9.17) is 0 Å². The standard InChI is InChI=1S/C13H17F3/c1-3-10(4-2)8-11-6-5-7-12(9-11)13(14,15)16/h5-7,9-10H,3-4,8H2,1-2H3. The fourth-order valence-corrected chi connectivity index (χ4v) is 1.79. The van der Waals surface area contributed by atoms with E-state index in [-0.39, 0.29) is 0 Å². The second-order valence-electron chi connectivity index (χ2n) is 4.08. The molecular weight excluding hydrogens is 213 g/mol. The van der Waals surface area contributed by atoms with Crippen molar-refractivity contribution in [3.05, 3.63) is 35.4 Å². The number of alkyl halides is 3. The molecule has 0 radical (unpaired) electrons. The largest absolute Gasteiger partial charge is 0.416 e. The Bertz CT molecular complexity index is 324. The third-order valence-electron chi connectivity index (χ3n) is 2.93. The minimum Gasteiger partial charge on any atom is -0.166 e. The van der Waals surface area contributed by atoms with Gasteiger partial charge in [0.25, 0.3) is 0 Å². The van der Waals surface area contributed by atoms with Crippen molar-refractivity contribution in [1.82, 2.24) is 0 Å². The Hall–Kier alpha value is -0.990. The summed E-state index contributed by atoms with van der Waals surface area (Å²) in [7, 11) is 0. The Labute approximate surface area is 94.5 Å². The van der Waals surface area contributed by atoms with Crippen molar-refractivity contribution in [2.45, 2.75) is 39.3 Å². The van der Waals surface area contributed by atoms with Crippen molar-refractivity contribution in [2.75, 3.05) is 0 Å². The third-order valence-corrected chi connectivity index (χ3v) is 2.93. The van der Waals surface area contributed by atoms with E-state index in [1.165, 1.54) is 12.1 Å². The number of hydrogen-bond donors (Lipinski definition) is 0. The summed E-state index contributed by atoms with van der Waals surface area (Å²) >= 11 is 0. The van der Waals surface area contributed by atoms with Crippen LogP contribution >= 0.6 is 0 Å². The lowest BCUT2D eigenvalue weighted by Gasteiger charge is -2.13. The van der Waals surface area contributed by atoms with Gasteiger partial charge in [0.1, 0.15) is 0 Å². The van der Waals surface area contributed by atoms with Crippen LogP contribution in [0.1, 0.15) is 37.8 Å². The van der Waals surface area contributed by atoms with Gasteiger partial charge in [-0.1, -0.05) is 44.9 Å². The molecule has 0 fully saturated rings. The first-order valence-corrected chi connectivity index (χ1v) is 5.63. The molecule has 1 aromatic carbocycles. The van der Waals surface area contributed by atoms with Crippen molar-refractivity contribution in [1.29, 1.82) is 0 Å². The normalized spacial score (nSPS) is 12.1. The molecule has 0 amide bonds. The van der Waals surface area contributed by atoms with Gasteiger partial charge in [-0.05, 0) is 24.0 Å². The van der Waals surface area contributed by atoms with E-state index in [0.29, 0.717) is 5.92 Å². The fraction of sp³-hybridized carbons (Fsp3) is 0.538. The molecule has 0 N–H and O–H groups in total. The molecule has 3 heteroatoms. The van der Waals surface area contributed by atoms with Gasteiger partial charge in [0, 0.05) is 0 Å². The summed E-state index contributed by atoms with van der Waals surface area (Å²) in [5.41, 5.74) is 0.236. The second kappa shape index (κ2) is 5.37. The molecule has 90 valence electrons. The van der Waals surface area contributed by atoms with Crippen LogP contribution in [0.15, 0.2) is 24.3 Å². The smallest absolute Gasteiger partial charge is 0.166 e. The molecule has 0 nitrogen and oxygen atoms in total. The quantitative estimate of drug-likeness (QED) is 0.704. The Balaban J connectivity index is 2.82. The predicted molar refractivity (Wildman–Crippen MR) is 59.2 cm³/mol. The van der Waals surface area contributed by atoms with Crippen molar-refractivity contribution >= 4 is 0 Å². The molecule has 0 saturated carbocycles. The summed E-state index contributed by atoms with van der Waals surface area (Å²) in [4.78, 5) is 0. The SMILES string of the molecule is CCC(CC)Cc1cccc(C(F)(F)F)c1. The van der Waals surface area contributed by atoms with Gasteiger partial charge < -0.3 is 0 Å². The Morgan fingerprint density at radius 2 is 1.75 bits per heavy atom. The summed E-state index contributed by atoms with van der Waals surface area (Å²) < 4.78 is 37.4. The molecule has 0 aromatic heterocycles. The topological polar surface area (TPSA) is 0 Å². The average molecular weight is 230 g/mol. The van der Waals surface area contributed by atoms with Gasteiger partial charge in [-0.25, -0.2) is 0 Å². The van der Waals surface area contributed by atoms with Crippen LogP contribution in [-0.2, 0) is 12.6 Å². The minimum absolute atomic E-state index is 0.475. The molecule has 0 aliphatic heterocycles. The highest BCUT2D eigenvalue weighted by Gasteiger charge is 2.30. The molecule has 0 unspecified atom stereocenters. The lowest BCUT2D eigenvalue weighted by atomic mass is 9.94. The van der Waals surface area contributed by atoms with Crippen molar-refractivity contribution in [3.8, 4) is 0 Å². The van der Waals surface area contributed by atoms with Crippen LogP contribution in [0, 0.1) is 5.92 Å². The van der Waals surface area contributed by atoms with Gasteiger partial charge in [-0.15, -0.1) is 0 Å². The number of benzene rings is 1. The van der Waals surface area contributed by atoms with Crippen LogP contribution < -0.4 is 0 Å². The molecule has 0 aliphatic carbocycles. The maximum atomic E-state index is 12.5. The van der Waals surface area contributed by atoms with Gasteiger partial charge in [0.15, 0.2) is 0 Å². The van der Waals surface area contributed by atoms with Gasteiger partial charge in [0.2, 0.25) is 0 Å². The van der Waals surface area contributed by atoms with Crippen LogP contribution in [-0.4, -0.2) is 0 Å². The van der Waals surface area contributed by atoms with E-state index in [9.17, 15) is 13.2 Å². The zero-order chi connectivity index (χ0) is 12.2. The zero-order valence-corrected chi connectivity index (χ0v) is 9.64. The first-order valence-electron chi connectivity index (χ1n) is 5.63. The highest BCUT2D eigenvalue weighted by atomic mass is 19.4. The summed E-state index contributed by atoms with van der Waals surface area (Å²) in [5.74, 6) is 0.475. The molecule has 0 spiro atoms. The predicted octanol–water partition coefficient (Wildman–Crippen LogP) is 4.68. The van der Waals surface area contributed by atoms with E-state index in [0.717, 1.165) is 30.9 Å². The molecule has 0 atom stereocenters. The molecule has 0 saturated heterocycles. The van der Waals surface area contributed by atoms with Crippen LogP contribution in [0.3, 0.4) is 0 Å². The third kappa shape index (κ3) is 3.54. The average Bonchev–Trinajstić information content (AvgIpc) is 2.25. The Kier molecular flexibility index (Phi) is 4.39. The van der Waals surface area contributed by atoms with E-state index < -0.39 is 11.7 Å². The summed E-state index contributed by atoms with van der Waals surface area (Å²) in [5, 5.41) is 0. The Morgan fingerprint density at radius 1 is 1.12 bits per heavy atom. The summed E-state index contributed by atoms with van der Waals surface area (Å²) in [6.07, 6.45) is -1.49. The van der Waals surface area contributed by atoms with Crippen molar-refractivity contribution in [2.24, 2.45) is 5.92 Å². The minimum atomic E-state index is -4.23. The number of halogens is 3. The number of hydrogen-bond acceptors (Lipinski definition) is 0. The second-order valence-corrected chi connectivity index (χ2v) is 4.08. The molecule has 0 bridgehead atoms. The molecule has 0 aliphatic rings. The van der Waals surface area contributed by atoms with Gasteiger partial charge >= 0.3 is 6.18 Å². The summed E-state index contributed by atoms with van der Waals surface area (Å²) in [6, 6.07) is 5.64. The van der Waals surface area contributed by atoms with Crippen molar-refractivity contribution < 1.29 is 13.2 Å². The van der Waals surface area contributed by atoms with Crippen LogP contribution in [0.2, 0.25) is 0 Å². The first-order chi connectivity index (χ1) is 7.47. The van der Waals surface area contributed by atoms with E-state index >= 15 is 0 Å². The molecule has 0 heterocycles. The van der Waals surface area contributed by atoms with E-state index in [1.54, 1.807) is 6.07 Å². The van der Waals surface area contributed by atoms with Crippen LogP contribution in [0.25, 0.3) is 0 Å². The lowest BCUT2D eigenvalue weighted by molar-refractivity contribution is -0.137. The zero-order valence-electron chi connectivity index (χ0n) is 9.64. The first kappa shape index (κ1) is 13.1. The molecule has 16 heavy (non-hydrogen) atoms. The Morgan fingerprint density at radius 3 is 2.25 bits per heavy atom. The fourth-order valence-electron chi connectivity index (χ4n) is 1.79. The van der Waals surface area contributed by atoms with Gasteiger partial charge in [-0.2, -0.15) is 13.2 Å². The van der Waals surface area contributed by atoms with E-state index in [1.807, 2.05) is 0 Å². The molecule has 1 rings (SSSR count). The van der Waals surface area contributed by atoms with Gasteiger partial charge in [0.05, 0.1) is 5.56 Å². The molecule has 1 aromatic rings. The number of rotatable bonds is 4. The lowest BCUT2D eigenvalue weighted by Crippen LogP contribution is -2.07.